The van der Waals surface area contributed by atoms with Crippen LogP contribution in [0.25, 0.3) is 0 Å². The Bertz CT molecular complexity index is 761. The molecule has 0 spiro atoms. The molecule has 0 unspecified atom stereocenters. The van der Waals surface area contributed by atoms with E-state index in [4.69, 9.17) is 11.6 Å². The van der Waals surface area contributed by atoms with Crippen LogP contribution in [0.4, 0.5) is 32.2 Å². The lowest BCUT2D eigenvalue weighted by Crippen LogP contribution is -2.39. The summed E-state index contributed by atoms with van der Waals surface area (Å²) in [4.78, 5) is 3.09. The maximum Gasteiger partial charge on any atom is 0.525 e. The second kappa shape index (κ2) is 6.51. The number of anilines is 1. The van der Waals surface area contributed by atoms with Crippen LogP contribution in [0, 0.1) is 0 Å². The van der Waals surface area contributed by atoms with E-state index in [1.165, 1.54) is 0 Å². The Morgan fingerprint density at radius 2 is 1.38 bits per heavy atom. The summed E-state index contributed by atoms with van der Waals surface area (Å²) >= 11 is 5.39. The van der Waals surface area contributed by atoms with E-state index >= 15 is 0 Å². The molecule has 0 fully saturated rings. The molecule has 0 aliphatic rings. The number of rotatable bonds is 5. The molecule has 138 valence electrons. The van der Waals surface area contributed by atoms with Crippen molar-refractivity contribution in [2.24, 2.45) is 0 Å². The molecule has 0 aromatic carbocycles. The highest BCUT2D eigenvalue weighted by molar-refractivity contribution is 7.88. The normalized spacial score (nSPS) is 13.8. The van der Waals surface area contributed by atoms with Crippen molar-refractivity contribution in [1.82, 2.24) is 4.98 Å². The van der Waals surface area contributed by atoms with Crippen LogP contribution in [0.1, 0.15) is 0 Å². The van der Waals surface area contributed by atoms with E-state index in [2.05, 4.69) is 13.6 Å². The van der Waals surface area contributed by atoms with Gasteiger partial charge < -0.3 is 0 Å². The zero-order valence-corrected chi connectivity index (χ0v) is 12.9. The molecule has 0 saturated heterocycles. The topological polar surface area (TPSA) is 103 Å². The number of hydrogen-bond acceptors (Lipinski definition) is 8. The third-order valence-electron chi connectivity index (χ3n) is 1.81. The second-order valence-electron chi connectivity index (χ2n) is 3.51. The Morgan fingerprint density at radius 3 is 1.71 bits per heavy atom. The molecule has 0 aliphatic carbocycles. The number of alkyl halides is 6. The van der Waals surface area contributed by atoms with Gasteiger partial charge in [-0.1, -0.05) is 16.8 Å². The molecule has 0 radical (unpaired) electrons. The monoisotopic (exact) mass is 424 g/mol. The molecule has 17 heteroatoms. The van der Waals surface area contributed by atoms with E-state index in [-0.39, 0.29) is 0 Å². The maximum absolute atomic E-state index is 12.3. The number of pyridine rings is 1. The fourth-order valence-electron chi connectivity index (χ4n) is 0.857. The molecular weight excluding hydrogens is 422 g/mol. The van der Waals surface area contributed by atoms with Crippen molar-refractivity contribution in [1.29, 1.82) is 0 Å². The zero-order chi connectivity index (χ0) is 19.0. The van der Waals surface area contributed by atoms with Crippen molar-refractivity contribution in [3.8, 4) is 0 Å². The quantitative estimate of drug-likeness (QED) is 0.402. The first kappa shape index (κ1) is 20.7. The average molecular weight is 425 g/mol. The van der Waals surface area contributed by atoms with Gasteiger partial charge in [0.15, 0.2) is 0 Å². The summed E-state index contributed by atoms with van der Waals surface area (Å²) in [6, 6.07) is 1.87. The van der Waals surface area contributed by atoms with Crippen molar-refractivity contribution in [3.05, 3.63) is 23.4 Å². The van der Waals surface area contributed by atoms with Crippen LogP contribution in [0.5, 0.6) is 0 Å². The number of aromatic nitrogens is 1. The number of hydrogen-bond donors (Lipinski definition) is 0. The van der Waals surface area contributed by atoms with Gasteiger partial charge in [-0.15, -0.1) is 8.57 Å². The standard InChI is InChI=1S/C7H3ClF6N2O6S2/c8-4-2-1-3-15-5(4)16(21-23(17,18)6(9,10)11)22-24(19,20)7(12,13)14/h1-3H. The second-order valence-corrected chi connectivity index (χ2v) is 6.96. The van der Waals surface area contributed by atoms with Crippen molar-refractivity contribution < 1.29 is 51.7 Å². The number of halogens is 7. The predicted octanol–water partition coefficient (Wildman–Crippen LogP) is 2.10. The van der Waals surface area contributed by atoms with Gasteiger partial charge in [-0.2, -0.15) is 43.2 Å². The molecule has 0 amide bonds. The van der Waals surface area contributed by atoms with E-state index in [1.54, 1.807) is 0 Å². The highest BCUT2D eigenvalue weighted by atomic mass is 35.5. The molecule has 24 heavy (non-hydrogen) atoms. The third kappa shape index (κ3) is 4.59. The lowest BCUT2D eigenvalue weighted by molar-refractivity contribution is -0.0731. The summed E-state index contributed by atoms with van der Waals surface area (Å²) < 4.78 is 123. The molecule has 0 N–H and O–H groups in total. The van der Waals surface area contributed by atoms with Crippen molar-refractivity contribution >= 4 is 37.7 Å². The summed E-state index contributed by atoms with van der Waals surface area (Å²) in [5.74, 6) is -1.31. The summed E-state index contributed by atoms with van der Waals surface area (Å²) in [7, 11) is -13.2. The van der Waals surface area contributed by atoms with E-state index in [1.807, 2.05) is 0 Å². The van der Waals surface area contributed by atoms with Gasteiger partial charge in [0.1, 0.15) is 0 Å². The van der Waals surface area contributed by atoms with Gasteiger partial charge >= 0.3 is 31.3 Å². The molecule has 0 bridgehead atoms. The van der Waals surface area contributed by atoms with Crippen LogP contribution in [0.3, 0.4) is 0 Å². The van der Waals surface area contributed by atoms with E-state index in [9.17, 15) is 43.2 Å². The lowest BCUT2D eigenvalue weighted by atomic mass is 10.5. The van der Waals surface area contributed by atoms with Gasteiger partial charge in [0.05, 0.1) is 5.02 Å². The van der Waals surface area contributed by atoms with Crippen LogP contribution in [0.15, 0.2) is 18.3 Å². The van der Waals surface area contributed by atoms with Gasteiger partial charge in [-0.05, 0) is 12.1 Å². The summed E-state index contributed by atoms with van der Waals surface area (Å²) in [5, 5.41) is -2.01. The van der Waals surface area contributed by atoms with Crippen LogP contribution in [0.2, 0.25) is 5.02 Å². The molecule has 1 aromatic heterocycles. The molecular formula is C7H3ClF6N2O6S2. The van der Waals surface area contributed by atoms with Crippen LogP contribution < -0.4 is 5.23 Å². The minimum atomic E-state index is -6.61. The van der Waals surface area contributed by atoms with Gasteiger partial charge in [0, 0.05) is 6.20 Å². The van der Waals surface area contributed by atoms with Gasteiger partial charge in [0.25, 0.3) is 0 Å². The fraction of sp³-hybridized carbons (Fsp3) is 0.286. The number of nitrogens with zero attached hydrogens (tertiary/aromatic N) is 2. The van der Waals surface area contributed by atoms with Gasteiger partial charge in [-0.25, -0.2) is 4.98 Å². The minimum absolute atomic E-state index is 0.724. The fourth-order valence-corrected chi connectivity index (χ4v) is 1.81. The first-order valence-corrected chi connectivity index (χ1v) is 8.20. The van der Waals surface area contributed by atoms with Crippen LogP contribution in [-0.2, 0) is 28.8 Å². The van der Waals surface area contributed by atoms with Crippen molar-refractivity contribution in [2.45, 2.75) is 11.0 Å². The van der Waals surface area contributed by atoms with Crippen molar-refractivity contribution in [3.63, 3.8) is 0 Å². The van der Waals surface area contributed by atoms with Gasteiger partial charge in [0.2, 0.25) is 5.82 Å². The SMILES string of the molecule is O=S(=O)(ON(OS(=O)(=O)C(F)(F)F)c1ncccc1Cl)C(F)(F)F. The summed E-state index contributed by atoms with van der Waals surface area (Å²) in [6.45, 7) is 0. The Kier molecular flexibility index (Phi) is 5.61. The summed E-state index contributed by atoms with van der Waals surface area (Å²) in [5.41, 5.74) is -12.2. The Balaban J connectivity index is 3.38. The average Bonchev–Trinajstić information content (AvgIpc) is 2.35. The molecule has 8 nitrogen and oxygen atoms in total. The molecule has 0 aliphatic heterocycles. The smallest absolute Gasteiger partial charge is 0.233 e. The van der Waals surface area contributed by atoms with Gasteiger partial charge in [-0.3, -0.25) is 0 Å². The van der Waals surface area contributed by atoms with Crippen molar-refractivity contribution in [2.75, 3.05) is 5.23 Å². The highest BCUT2D eigenvalue weighted by Gasteiger charge is 2.53. The maximum atomic E-state index is 12.3. The molecule has 1 rings (SSSR count). The van der Waals surface area contributed by atoms with E-state index in [0.29, 0.717) is 0 Å². The van der Waals surface area contributed by atoms with E-state index < -0.39 is 47.3 Å². The Hall–Kier alpha value is -1.36. The molecule has 1 aromatic rings. The lowest BCUT2D eigenvalue weighted by Gasteiger charge is -2.21. The molecule has 0 saturated carbocycles. The van der Waals surface area contributed by atoms with Crippen LogP contribution in [-0.4, -0.2) is 32.8 Å². The molecule has 1 heterocycles. The first-order valence-electron chi connectivity index (χ1n) is 5.01. The highest BCUT2D eigenvalue weighted by Crippen LogP contribution is 2.33. The van der Waals surface area contributed by atoms with E-state index in [0.717, 1.165) is 18.3 Å². The zero-order valence-electron chi connectivity index (χ0n) is 10.5. The Labute approximate surface area is 134 Å². The summed E-state index contributed by atoms with van der Waals surface area (Å²) in [6.07, 6.45) is 0.724. The Morgan fingerprint density at radius 1 is 0.958 bits per heavy atom. The predicted molar refractivity (Wildman–Crippen MR) is 63.8 cm³/mol. The first-order chi connectivity index (χ1) is 10.6. The molecule has 0 atom stereocenters. The minimum Gasteiger partial charge on any atom is -0.233 e. The third-order valence-corrected chi connectivity index (χ3v) is 3.90. The van der Waals surface area contributed by atoms with Crippen LogP contribution >= 0.6 is 11.6 Å². The largest absolute Gasteiger partial charge is 0.525 e.